The zero-order valence-electron chi connectivity index (χ0n) is 14.0. The Bertz CT molecular complexity index is 921. The molecule has 3 rings (SSSR count). The van der Waals surface area contributed by atoms with Gasteiger partial charge in [-0.15, -0.1) is 0 Å². The molecule has 0 saturated carbocycles. The van der Waals surface area contributed by atoms with Gasteiger partial charge in [-0.25, -0.2) is 4.39 Å². The van der Waals surface area contributed by atoms with E-state index in [0.29, 0.717) is 11.3 Å². The van der Waals surface area contributed by atoms with Gasteiger partial charge in [0.15, 0.2) is 0 Å². The van der Waals surface area contributed by atoms with Crippen molar-refractivity contribution in [3.05, 3.63) is 47.0 Å². The number of amides is 2. The lowest BCUT2D eigenvalue weighted by molar-refractivity contribution is -0.149. The number of aromatic nitrogens is 2. The third-order valence-electron chi connectivity index (χ3n) is 4.21. The second-order valence-corrected chi connectivity index (χ2v) is 6.52. The highest BCUT2D eigenvalue weighted by molar-refractivity contribution is 6.30. The molecule has 1 aromatic carbocycles. The van der Waals surface area contributed by atoms with Crippen LogP contribution in [0.3, 0.4) is 0 Å². The molecule has 8 nitrogen and oxygen atoms in total. The van der Waals surface area contributed by atoms with Gasteiger partial charge in [-0.1, -0.05) is 11.6 Å². The molecule has 2 heterocycles. The Morgan fingerprint density at radius 1 is 1.48 bits per heavy atom. The number of carbonyl (C=O) groups excluding carboxylic acids is 2. The molecule has 0 bridgehead atoms. The lowest BCUT2D eigenvalue weighted by atomic mass is 10.0. The zero-order valence-corrected chi connectivity index (χ0v) is 14.8. The molecule has 0 radical (unpaired) electrons. The standard InChI is InChI=1S/C17H15ClFN5O3/c18-12-5-11(6-13(19)7-12)8-21-15(25)17(27)1-3-24(16(17)26)14-9-22-23(10-14)4-2-20/h5-7,9-10,27H,1,3-4,8H2,(H,21,25)/t17-/m1/s1. The van der Waals surface area contributed by atoms with Crippen molar-refractivity contribution in [2.24, 2.45) is 0 Å². The normalized spacial score (nSPS) is 19.2. The molecular weight excluding hydrogens is 377 g/mol. The molecule has 0 unspecified atom stereocenters. The van der Waals surface area contributed by atoms with E-state index in [2.05, 4.69) is 10.4 Å². The number of nitriles is 1. The third-order valence-corrected chi connectivity index (χ3v) is 4.43. The van der Waals surface area contributed by atoms with E-state index in [-0.39, 0.29) is 31.1 Å². The summed E-state index contributed by atoms with van der Waals surface area (Å²) in [5.74, 6) is -2.21. The number of hydrogen-bond donors (Lipinski definition) is 2. The van der Waals surface area contributed by atoms with Gasteiger partial charge in [0.2, 0.25) is 5.60 Å². The minimum absolute atomic E-state index is 0.0168. The van der Waals surface area contributed by atoms with Crippen molar-refractivity contribution in [3.8, 4) is 6.07 Å². The number of carbonyl (C=O) groups is 2. The van der Waals surface area contributed by atoms with E-state index < -0.39 is 23.2 Å². The van der Waals surface area contributed by atoms with Gasteiger partial charge in [0, 0.05) is 30.7 Å². The van der Waals surface area contributed by atoms with Crippen LogP contribution >= 0.6 is 11.6 Å². The van der Waals surface area contributed by atoms with Crippen LogP contribution in [0.1, 0.15) is 12.0 Å². The lowest BCUT2D eigenvalue weighted by Crippen LogP contribution is -2.52. The lowest BCUT2D eigenvalue weighted by Gasteiger charge is -2.21. The summed E-state index contributed by atoms with van der Waals surface area (Å²) in [4.78, 5) is 26.2. The molecule has 10 heteroatoms. The average molecular weight is 392 g/mol. The number of nitrogens with one attached hydrogen (secondary N) is 1. The van der Waals surface area contributed by atoms with Crippen LogP contribution in [0.2, 0.25) is 5.02 Å². The second kappa shape index (κ2) is 7.34. The smallest absolute Gasteiger partial charge is 0.268 e. The topological polar surface area (TPSA) is 111 Å². The highest BCUT2D eigenvalue weighted by Crippen LogP contribution is 2.28. The summed E-state index contributed by atoms with van der Waals surface area (Å²) in [5, 5.41) is 25.8. The van der Waals surface area contributed by atoms with Crippen LogP contribution in [0.5, 0.6) is 0 Å². The van der Waals surface area contributed by atoms with Crippen molar-refractivity contribution in [2.75, 3.05) is 11.4 Å². The Hall–Kier alpha value is -2.96. The number of anilines is 1. The highest BCUT2D eigenvalue weighted by Gasteiger charge is 2.51. The van der Waals surface area contributed by atoms with Crippen molar-refractivity contribution in [1.29, 1.82) is 5.26 Å². The minimum Gasteiger partial charge on any atom is -0.372 e. The maximum atomic E-state index is 13.4. The van der Waals surface area contributed by atoms with Crippen LogP contribution in [0.15, 0.2) is 30.6 Å². The molecule has 2 N–H and O–H groups in total. The fourth-order valence-corrected chi connectivity index (χ4v) is 3.10. The average Bonchev–Trinajstić information content (AvgIpc) is 3.18. The van der Waals surface area contributed by atoms with Crippen LogP contribution < -0.4 is 10.2 Å². The fraction of sp³-hybridized carbons (Fsp3) is 0.294. The van der Waals surface area contributed by atoms with E-state index in [1.54, 1.807) is 0 Å². The SMILES string of the molecule is N#CCn1cc(N2CC[C@@](O)(C(=O)NCc3cc(F)cc(Cl)c3)C2=O)cn1. The first-order valence-corrected chi connectivity index (χ1v) is 8.38. The molecule has 1 aromatic heterocycles. The highest BCUT2D eigenvalue weighted by atomic mass is 35.5. The molecule has 2 amide bonds. The largest absolute Gasteiger partial charge is 0.372 e. The number of halogens is 2. The van der Waals surface area contributed by atoms with E-state index in [1.165, 1.54) is 34.1 Å². The van der Waals surface area contributed by atoms with Crippen molar-refractivity contribution >= 4 is 29.1 Å². The maximum Gasteiger partial charge on any atom is 0.268 e. The molecule has 1 saturated heterocycles. The molecule has 1 atom stereocenters. The Kier molecular flexibility index (Phi) is 5.12. The molecule has 1 aliphatic rings. The van der Waals surface area contributed by atoms with Crippen LogP contribution in [0.4, 0.5) is 10.1 Å². The molecular formula is C17H15ClFN5O3. The monoisotopic (exact) mass is 391 g/mol. The van der Waals surface area contributed by atoms with Crippen LogP contribution in [0, 0.1) is 17.1 Å². The predicted octanol–water partition coefficient (Wildman–Crippen LogP) is 0.983. The van der Waals surface area contributed by atoms with Crippen LogP contribution in [-0.4, -0.2) is 38.8 Å². The van der Waals surface area contributed by atoms with Gasteiger partial charge in [0.05, 0.1) is 18.0 Å². The third kappa shape index (κ3) is 3.77. The Morgan fingerprint density at radius 2 is 2.26 bits per heavy atom. The molecule has 2 aromatic rings. The van der Waals surface area contributed by atoms with Gasteiger partial charge in [0.25, 0.3) is 11.8 Å². The summed E-state index contributed by atoms with van der Waals surface area (Å²) in [6.07, 6.45) is 2.76. The molecule has 1 aliphatic heterocycles. The predicted molar refractivity (Wildman–Crippen MR) is 93.0 cm³/mol. The van der Waals surface area contributed by atoms with Crippen molar-refractivity contribution < 1.29 is 19.1 Å². The number of aliphatic hydroxyl groups is 1. The van der Waals surface area contributed by atoms with Crippen LogP contribution in [0.25, 0.3) is 0 Å². The van der Waals surface area contributed by atoms with Crippen molar-refractivity contribution in [2.45, 2.75) is 25.1 Å². The van der Waals surface area contributed by atoms with E-state index >= 15 is 0 Å². The van der Waals surface area contributed by atoms with Gasteiger partial charge in [-0.2, -0.15) is 10.4 Å². The van der Waals surface area contributed by atoms with E-state index in [9.17, 15) is 19.1 Å². The molecule has 1 fully saturated rings. The quantitative estimate of drug-likeness (QED) is 0.738. The Morgan fingerprint density at radius 3 is 2.96 bits per heavy atom. The van der Waals surface area contributed by atoms with E-state index in [4.69, 9.17) is 16.9 Å². The van der Waals surface area contributed by atoms with Crippen LogP contribution in [-0.2, 0) is 22.7 Å². The first-order valence-electron chi connectivity index (χ1n) is 8.00. The summed E-state index contributed by atoms with van der Waals surface area (Å²) in [6.45, 7) is 0.0434. The fourth-order valence-electron chi connectivity index (χ4n) is 2.85. The van der Waals surface area contributed by atoms with E-state index in [0.717, 1.165) is 6.07 Å². The summed E-state index contributed by atoms with van der Waals surface area (Å²) < 4.78 is 14.7. The van der Waals surface area contributed by atoms with Crippen molar-refractivity contribution in [3.63, 3.8) is 0 Å². The Balaban J connectivity index is 1.69. The summed E-state index contributed by atoms with van der Waals surface area (Å²) in [7, 11) is 0. The number of benzene rings is 1. The van der Waals surface area contributed by atoms with Gasteiger partial charge in [-0.05, 0) is 23.8 Å². The van der Waals surface area contributed by atoms with Gasteiger partial charge < -0.3 is 15.3 Å². The second-order valence-electron chi connectivity index (χ2n) is 6.08. The summed E-state index contributed by atoms with van der Waals surface area (Å²) in [6, 6.07) is 5.72. The first kappa shape index (κ1) is 18.8. The summed E-state index contributed by atoms with van der Waals surface area (Å²) >= 11 is 5.76. The zero-order chi connectivity index (χ0) is 19.6. The maximum absolute atomic E-state index is 13.4. The molecule has 27 heavy (non-hydrogen) atoms. The number of hydrogen-bond acceptors (Lipinski definition) is 5. The van der Waals surface area contributed by atoms with E-state index in [1.807, 2.05) is 6.07 Å². The first-order chi connectivity index (χ1) is 12.8. The molecule has 0 spiro atoms. The summed E-state index contributed by atoms with van der Waals surface area (Å²) in [5.41, 5.74) is -1.44. The van der Waals surface area contributed by atoms with Gasteiger partial charge >= 0.3 is 0 Å². The molecule has 0 aliphatic carbocycles. The van der Waals surface area contributed by atoms with Gasteiger partial charge in [0.1, 0.15) is 12.4 Å². The number of rotatable bonds is 5. The van der Waals surface area contributed by atoms with Crippen molar-refractivity contribution in [1.82, 2.24) is 15.1 Å². The van der Waals surface area contributed by atoms with Gasteiger partial charge in [-0.3, -0.25) is 14.3 Å². The Labute approximate surface area is 158 Å². The number of nitrogens with zero attached hydrogens (tertiary/aromatic N) is 4. The molecule has 140 valence electrons. The minimum atomic E-state index is -2.23.